The lowest BCUT2D eigenvalue weighted by Crippen LogP contribution is -2.42. The van der Waals surface area contributed by atoms with E-state index in [9.17, 15) is 18.0 Å². The van der Waals surface area contributed by atoms with E-state index in [-0.39, 0.29) is 34.8 Å². The molecule has 1 atom stereocenters. The Labute approximate surface area is 178 Å². The van der Waals surface area contributed by atoms with Crippen molar-refractivity contribution < 1.29 is 13.2 Å². The molecule has 0 saturated carbocycles. The number of amides is 1. The SMILES string of the molecule is C=CCn1c(SCC(=O)N(CC)[C@H]2CCS(=O)(=O)C2)nc2sc(C)c(C)c2c1=O. The van der Waals surface area contributed by atoms with E-state index in [0.717, 1.165) is 10.4 Å². The van der Waals surface area contributed by atoms with Gasteiger partial charge in [0.2, 0.25) is 5.91 Å². The molecule has 0 N–H and O–H groups in total. The fourth-order valence-electron chi connectivity index (χ4n) is 3.58. The number of fused-ring (bicyclic) bond motifs is 1. The molecule has 0 aromatic carbocycles. The molecule has 3 rings (SSSR count). The second kappa shape index (κ2) is 8.61. The van der Waals surface area contributed by atoms with Gasteiger partial charge in [-0.25, -0.2) is 13.4 Å². The maximum atomic E-state index is 13.0. The van der Waals surface area contributed by atoms with Gasteiger partial charge in [0.1, 0.15) is 4.83 Å². The Morgan fingerprint density at radius 1 is 1.45 bits per heavy atom. The number of carbonyl (C=O) groups excluding carboxylic acids is 1. The molecule has 1 aliphatic heterocycles. The number of hydrogen-bond acceptors (Lipinski definition) is 7. The molecule has 0 unspecified atom stereocenters. The molecule has 3 heterocycles. The van der Waals surface area contributed by atoms with Gasteiger partial charge in [-0.05, 0) is 32.8 Å². The van der Waals surface area contributed by atoms with E-state index >= 15 is 0 Å². The van der Waals surface area contributed by atoms with E-state index in [1.54, 1.807) is 15.5 Å². The first kappa shape index (κ1) is 22.0. The largest absolute Gasteiger partial charge is 0.338 e. The molecule has 29 heavy (non-hydrogen) atoms. The lowest BCUT2D eigenvalue weighted by molar-refractivity contribution is -0.129. The first-order chi connectivity index (χ1) is 13.7. The summed E-state index contributed by atoms with van der Waals surface area (Å²) in [4.78, 5) is 33.8. The number of thiophene rings is 1. The van der Waals surface area contributed by atoms with Crippen LogP contribution >= 0.6 is 23.1 Å². The normalized spacial score (nSPS) is 18.2. The number of aryl methyl sites for hydroxylation is 2. The molecular weight excluding hydrogens is 430 g/mol. The lowest BCUT2D eigenvalue weighted by Gasteiger charge is -2.26. The van der Waals surface area contributed by atoms with E-state index in [1.807, 2.05) is 20.8 Å². The molecule has 10 heteroatoms. The zero-order valence-electron chi connectivity index (χ0n) is 16.8. The third kappa shape index (κ3) is 4.44. The van der Waals surface area contributed by atoms with Crippen LogP contribution in [-0.4, -0.2) is 58.6 Å². The molecule has 0 radical (unpaired) electrons. The summed E-state index contributed by atoms with van der Waals surface area (Å²) in [6.07, 6.45) is 2.11. The Morgan fingerprint density at radius 2 is 2.17 bits per heavy atom. The van der Waals surface area contributed by atoms with Gasteiger partial charge < -0.3 is 4.90 Å². The number of thioether (sulfide) groups is 1. The van der Waals surface area contributed by atoms with Crippen molar-refractivity contribution in [3.63, 3.8) is 0 Å². The number of carbonyl (C=O) groups is 1. The number of hydrogen-bond donors (Lipinski definition) is 0. The molecule has 0 bridgehead atoms. The van der Waals surface area contributed by atoms with Crippen molar-refractivity contribution in [2.24, 2.45) is 0 Å². The van der Waals surface area contributed by atoms with Gasteiger partial charge in [0.05, 0.1) is 22.6 Å². The Morgan fingerprint density at radius 3 is 2.76 bits per heavy atom. The third-order valence-corrected chi connectivity index (χ3v) is 9.01. The van der Waals surface area contributed by atoms with Gasteiger partial charge in [0, 0.05) is 24.0 Å². The quantitative estimate of drug-likeness (QED) is 0.362. The van der Waals surface area contributed by atoms with Crippen LogP contribution in [0.2, 0.25) is 0 Å². The molecule has 158 valence electrons. The highest BCUT2D eigenvalue weighted by atomic mass is 32.2. The van der Waals surface area contributed by atoms with Crippen molar-refractivity contribution in [2.75, 3.05) is 23.8 Å². The van der Waals surface area contributed by atoms with Crippen LogP contribution in [0.1, 0.15) is 23.8 Å². The number of rotatable bonds is 7. The zero-order chi connectivity index (χ0) is 21.3. The van der Waals surface area contributed by atoms with Gasteiger partial charge in [0.25, 0.3) is 5.56 Å². The second-order valence-electron chi connectivity index (χ2n) is 7.09. The van der Waals surface area contributed by atoms with E-state index in [0.29, 0.717) is 34.9 Å². The Kier molecular flexibility index (Phi) is 6.54. The third-order valence-electron chi connectivity index (χ3n) is 5.20. The summed E-state index contributed by atoms with van der Waals surface area (Å²) >= 11 is 2.69. The number of nitrogens with zero attached hydrogens (tertiary/aromatic N) is 3. The smallest absolute Gasteiger partial charge is 0.263 e. The van der Waals surface area contributed by atoms with Crippen molar-refractivity contribution >= 4 is 49.1 Å². The van der Waals surface area contributed by atoms with E-state index in [2.05, 4.69) is 11.6 Å². The maximum absolute atomic E-state index is 13.0. The first-order valence-corrected chi connectivity index (χ1v) is 13.0. The van der Waals surface area contributed by atoms with Crippen molar-refractivity contribution in [3.05, 3.63) is 33.4 Å². The van der Waals surface area contributed by atoms with Crippen LogP contribution in [0, 0.1) is 13.8 Å². The summed E-state index contributed by atoms with van der Waals surface area (Å²) in [6, 6.07) is -0.272. The first-order valence-electron chi connectivity index (χ1n) is 9.42. The summed E-state index contributed by atoms with van der Waals surface area (Å²) in [5, 5.41) is 1.10. The average Bonchev–Trinajstić information content (AvgIpc) is 3.15. The highest BCUT2D eigenvalue weighted by Crippen LogP contribution is 2.28. The average molecular weight is 456 g/mol. The van der Waals surface area contributed by atoms with Crippen molar-refractivity contribution in [1.29, 1.82) is 0 Å². The second-order valence-corrected chi connectivity index (χ2v) is 11.5. The van der Waals surface area contributed by atoms with Crippen LogP contribution in [0.5, 0.6) is 0 Å². The fourth-order valence-corrected chi connectivity index (χ4v) is 7.27. The number of aromatic nitrogens is 2. The van der Waals surface area contributed by atoms with Crippen molar-refractivity contribution in [2.45, 2.75) is 44.9 Å². The predicted molar refractivity (Wildman–Crippen MR) is 119 cm³/mol. The van der Waals surface area contributed by atoms with Gasteiger partial charge in [-0.2, -0.15) is 0 Å². The van der Waals surface area contributed by atoms with Crippen molar-refractivity contribution in [3.8, 4) is 0 Å². The molecule has 0 spiro atoms. The van der Waals surface area contributed by atoms with Crippen LogP contribution in [0.4, 0.5) is 0 Å². The minimum Gasteiger partial charge on any atom is -0.338 e. The fraction of sp³-hybridized carbons (Fsp3) is 0.526. The zero-order valence-corrected chi connectivity index (χ0v) is 19.3. The van der Waals surface area contributed by atoms with Crippen LogP contribution in [0.3, 0.4) is 0 Å². The molecule has 1 fully saturated rings. The highest BCUT2D eigenvalue weighted by molar-refractivity contribution is 7.99. The summed E-state index contributed by atoms with van der Waals surface area (Å²) in [7, 11) is -3.07. The summed E-state index contributed by atoms with van der Waals surface area (Å²) in [6.45, 7) is 10.2. The minimum atomic E-state index is -3.07. The van der Waals surface area contributed by atoms with Gasteiger partial charge >= 0.3 is 0 Å². The predicted octanol–water partition coefficient (Wildman–Crippen LogP) is 2.39. The van der Waals surface area contributed by atoms with Crippen LogP contribution in [-0.2, 0) is 21.2 Å². The highest BCUT2D eigenvalue weighted by Gasteiger charge is 2.34. The number of sulfone groups is 1. The van der Waals surface area contributed by atoms with Crippen LogP contribution in [0.25, 0.3) is 10.2 Å². The molecule has 1 saturated heterocycles. The minimum absolute atomic E-state index is 0.0242. The summed E-state index contributed by atoms with van der Waals surface area (Å²) < 4.78 is 25.1. The van der Waals surface area contributed by atoms with Gasteiger partial charge in [-0.3, -0.25) is 14.2 Å². The Hall–Kier alpha value is -1.65. The van der Waals surface area contributed by atoms with E-state index in [4.69, 9.17) is 0 Å². The molecule has 1 amide bonds. The molecule has 2 aromatic rings. The maximum Gasteiger partial charge on any atom is 0.263 e. The van der Waals surface area contributed by atoms with E-state index < -0.39 is 9.84 Å². The summed E-state index contributed by atoms with van der Waals surface area (Å²) in [5.41, 5.74) is 0.813. The topological polar surface area (TPSA) is 89.3 Å². The van der Waals surface area contributed by atoms with Crippen molar-refractivity contribution in [1.82, 2.24) is 14.5 Å². The Bertz CT molecular complexity index is 1120. The molecular formula is C19H25N3O4S3. The lowest BCUT2D eigenvalue weighted by atomic mass is 10.2. The molecule has 1 aliphatic rings. The monoisotopic (exact) mass is 455 g/mol. The molecule has 0 aliphatic carbocycles. The van der Waals surface area contributed by atoms with Gasteiger partial charge in [-0.1, -0.05) is 17.8 Å². The molecule has 2 aromatic heterocycles. The van der Waals surface area contributed by atoms with Gasteiger partial charge in [-0.15, -0.1) is 17.9 Å². The summed E-state index contributed by atoms with van der Waals surface area (Å²) in [5.74, 6) is 0.111. The number of allylic oxidation sites excluding steroid dienone is 1. The standard InChI is InChI=1S/C19H25N3O4S3/c1-5-8-22-18(24)16-12(3)13(4)28-17(16)20-19(22)27-10-15(23)21(6-2)14-7-9-29(25,26)11-14/h5,14H,1,6-11H2,2-4H3/t14-/m0/s1. The molecule has 7 nitrogen and oxygen atoms in total. The van der Waals surface area contributed by atoms with Crippen LogP contribution in [0.15, 0.2) is 22.6 Å². The van der Waals surface area contributed by atoms with Gasteiger partial charge in [0.15, 0.2) is 15.0 Å². The Balaban J connectivity index is 1.85. The van der Waals surface area contributed by atoms with E-state index in [1.165, 1.54) is 23.1 Å². The van der Waals surface area contributed by atoms with Crippen LogP contribution < -0.4 is 5.56 Å².